The lowest BCUT2D eigenvalue weighted by molar-refractivity contribution is -0.126. The first-order chi connectivity index (χ1) is 7.48. The average molecular weight is 263 g/mol. The molecule has 1 aliphatic rings. The molecule has 3 nitrogen and oxygen atoms in total. The lowest BCUT2D eigenvalue weighted by Crippen LogP contribution is -2.54. The first-order valence-electron chi connectivity index (χ1n) is 6.58. The molecule has 17 heavy (non-hydrogen) atoms. The van der Waals surface area contributed by atoms with E-state index in [-0.39, 0.29) is 24.4 Å². The summed E-state index contributed by atoms with van der Waals surface area (Å²) >= 11 is 0. The normalized spacial score (nSPS) is 21.4. The molecule has 1 saturated carbocycles. The van der Waals surface area contributed by atoms with Gasteiger partial charge >= 0.3 is 0 Å². The van der Waals surface area contributed by atoms with Crippen molar-refractivity contribution in [3.63, 3.8) is 0 Å². The van der Waals surface area contributed by atoms with Crippen LogP contribution in [0, 0.1) is 5.92 Å². The zero-order chi connectivity index (χ0) is 12.2. The molecule has 0 aromatic carbocycles. The van der Waals surface area contributed by atoms with Crippen molar-refractivity contribution < 1.29 is 4.79 Å². The molecule has 0 saturated heterocycles. The van der Waals surface area contributed by atoms with Crippen LogP contribution in [0.5, 0.6) is 0 Å². The molecule has 0 radical (unpaired) electrons. The highest BCUT2D eigenvalue weighted by molar-refractivity contribution is 5.86. The Labute approximate surface area is 111 Å². The molecule has 2 unspecified atom stereocenters. The van der Waals surface area contributed by atoms with Gasteiger partial charge in [-0.1, -0.05) is 33.1 Å². The number of carbonyl (C=O) groups excluding carboxylic acids is 1. The summed E-state index contributed by atoms with van der Waals surface area (Å²) in [5.41, 5.74) is 5.52. The Morgan fingerprint density at radius 2 is 1.88 bits per heavy atom. The van der Waals surface area contributed by atoms with Crippen LogP contribution in [0.4, 0.5) is 0 Å². The molecule has 2 atom stereocenters. The van der Waals surface area contributed by atoms with E-state index in [9.17, 15) is 4.79 Å². The van der Waals surface area contributed by atoms with Crippen LogP contribution in [0.2, 0.25) is 0 Å². The maximum Gasteiger partial charge on any atom is 0.240 e. The Balaban J connectivity index is 0.00000256. The van der Waals surface area contributed by atoms with Crippen molar-refractivity contribution in [3.05, 3.63) is 0 Å². The van der Waals surface area contributed by atoms with Crippen LogP contribution in [0.25, 0.3) is 0 Å². The average Bonchev–Trinajstić information content (AvgIpc) is 2.66. The second kappa shape index (κ2) is 7.22. The number of amides is 1. The van der Waals surface area contributed by atoms with Gasteiger partial charge in [0.15, 0.2) is 0 Å². The quantitative estimate of drug-likeness (QED) is 0.800. The van der Waals surface area contributed by atoms with Crippen molar-refractivity contribution in [1.29, 1.82) is 0 Å². The van der Waals surface area contributed by atoms with Gasteiger partial charge in [-0.25, -0.2) is 0 Å². The molecular formula is C13H27ClN2O. The minimum Gasteiger partial charge on any atom is -0.352 e. The minimum absolute atomic E-state index is 0. The van der Waals surface area contributed by atoms with E-state index in [1.165, 1.54) is 0 Å². The maximum atomic E-state index is 12.0. The van der Waals surface area contributed by atoms with Crippen LogP contribution in [0.3, 0.4) is 0 Å². The molecule has 0 aromatic rings. The van der Waals surface area contributed by atoms with Crippen molar-refractivity contribution in [1.82, 2.24) is 5.32 Å². The maximum absolute atomic E-state index is 12.0. The standard InChI is InChI=1S/C13H26N2O.ClH/c1-4-10(2)9-11(3)15-12(16)13(14)7-5-6-8-13;/h10-11H,4-9,14H2,1-3H3,(H,15,16);1H. The van der Waals surface area contributed by atoms with Crippen molar-refractivity contribution >= 4 is 18.3 Å². The molecule has 0 bridgehead atoms. The fourth-order valence-electron chi connectivity index (χ4n) is 2.43. The van der Waals surface area contributed by atoms with Crippen LogP contribution in [0.1, 0.15) is 59.3 Å². The van der Waals surface area contributed by atoms with Gasteiger partial charge in [0.1, 0.15) is 0 Å². The van der Waals surface area contributed by atoms with E-state index < -0.39 is 5.54 Å². The number of halogens is 1. The second-order valence-electron chi connectivity index (χ2n) is 5.49. The Kier molecular flexibility index (Phi) is 7.10. The first-order valence-corrected chi connectivity index (χ1v) is 6.58. The molecule has 0 aromatic heterocycles. The van der Waals surface area contributed by atoms with Crippen molar-refractivity contribution in [3.8, 4) is 0 Å². The number of rotatable bonds is 5. The first kappa shape index (κ1) is 16.7. The predicted octanol–water partition coefficient (Wildman–Crippen LogP) is 2.62. The second-order valence-corrected chi connectivity index (χ2v) is 5.49. The van der Waals surface area contributed by atoms with Gasteiger partial charge in [-0.3, -0.25) is 4.79 Å². The van der Waals surface area contributed by atoms with E-state index in [2.05, 4.69) is 26.1 Å². The highest BCUT2D eigenvalue weighted by Crippen LogP contribution is 2.27. The summed E-state index contributed by atoms with van der Waals surface area (Å²) in [6, 6.07) is 0.239. The number of nitrogens with two attached hydrogens (primary N) is 1. The molecule has 0 spiro atoms. The van der Waals surface area contributed by atoms with E-state index >= 15 is 0 Å². The number of hydrogen-bond acceptors (Lipinski definition) is 2. The summed E-state index contributed by atoms with van der Waals surface area (Å²) in [5, 5.41) is 3.06. The third kappa shape index (κ3) is 4.84. The van der Waals surface area contributed by atoms with E-state index in [0.717, 1.165) is 38.5 Å². The lowest BCUT2D eigenvalue weighted by atomic mass is 9.96. The molecule has 1 aliphatic carbocycles. The molecule has 1 amide bonds. The van der Waals surface area contributed by atoms with E-state index in [4.69, 9.17) is 5.73 Å². The van der Waals surface area contributed by atoms with Gasteiger partial charge in [-0.15, -0.1) is 12.4 Å². The Morgan fingerprint density at radius 1 is 1.35 bits per heavy atom. The summed E-state index contributed by atoms with van der Waals surface area (Å²) in [7, 11) is 0. The van der Waals surface area contributed by atoms with Crippen LogP contribution in [-0.2, 0) is 4.79 Å². The molecule has 3 N–H and O–H groups in total. The van der Waals surface area contributed by atoms with Crippen LogP contribution < -0.4 is 11.1 Å². The predicted molar refractivity (Wildman–Crippen MR) is 74.3 cm³/mol. The fraction of sp³-hybridized carbons (Fsp3) is 0.923. The minimum atomic E-state index is -0.580. The summed E-state index contributed by atoms with van der Waals surface area (Å²) in [5.74, 6) is 0.716. The SMILES string of the molecule is CCC(C)CC(C)NC(=O)C1(N)CCCC1.Cl. The molecular weight excluding hydrogens is 236 g/mol. The number of nitrogens with one attached hydrogen (secondary N) is 1. The van der Waals surface area contributed by atoms with Gasteiger partial charge in [0.2, 0.25) is 5.91 Å². The van der Waals surface area contributed by atoms with Crippen molar-refractivity contribution in [2.24, 2.45) is 11.7 Å². The summed E-state index contributed by atoms with van der Waals surface area (Å²) in [4.78, 5) is 12.0. The Hall–Kier alpha value is -0.280. The summed E-state index contributed by atoms with van der Waals surface area (Å²) in [6.07, 6.45) is 6.06. The lowest BCUT2D eigenvalue weighted by Gasteiger charge is -2.26. The van der Waals surface area contributed by atoms with E-state index in [1.54, 1.807) is 0 Å². The third-order valence-electron chi connectivity index (χ3n) is 3.78. The van der Waals surface area contributed by atoms with Crippen molar-refractivity contribution in [2.45, 2.75) is 70.9 Å². The Bertz CT molecular complexity index is 240. The van der Waals surface area contributed by atoms with Crippen LogP contribution in [-0.4, -0.2) is 17.5 Å². The monoisotopic (exact) mass is 262 g/mol. The summed E-state index contributed by atoms with van der Waals surface area (Å²) in [6.45, 7) is 6.47. The number of carbonyl (C=O) groups is 1. The van der Waals surface area contributed by atoms with E-state index in [1.807, 2.05) is 0 Å². The molecule has 0 heterocycles. The molecule has 1 rings (SSSR count). The third-order valence-corrected chi connectivity index (χ3v) is 3.78. The fourth-order valence-corrected chi connectivity index (χ4v) is 2.43. The molecule has 4 heteroatoms. The smallest absolute Gasteiger partial charge is 0.240 e. The van der Waals surface area contributed by atoms with E-state index in [0.29, 0.717) is 5.92 Å². The van der Waals surface area contributed by atoms with Gasteiger partial charge in [0, 0.05) is 6.04 Å². The largest absolute Gasteiger partial charge is 0.352 e. The number of hydrogen-bond donors (Lipinski definition) is 2. The van der Waals surface area contributed by atoms with Crippen LogP contribution in [0.15, 0.2) is 0 Å². The topological polar surface area (TPSA) is 55.1 Å². The van der Waals surface area contributed by atoms with Gasteiger partial charge in [-0.05, 0) is 32.1 Å². The zero-order valence-electron chi connectivity index (χ0n) is 11.3. The van der Waals surface area contributed by atoms with Gasteiger partial charge in [0.25, 0.3) is 0 Å². The highest BCUT2D eigenvalue weighted by Gasteiger charge is 2.37. The highest BCUT2D eigenvalue weighted by atomic mass is 35.5. The van der Waals surface area contributed by atoms with Gasteiger partial charge < -0.3 is 11.1 Å². The van der Waals surface area contributed by atoms with Gasteiger partial charge in [-0.2, -0.15) is 0 Å². The molecule has 1 fully saturated rings. The summed E-state index contributed by atoms with van der Waals surface area (Å²) < 4.78 is 0. The van der Waals surface area contributed by atoms with Gasteiger partial charge in [0.05, 0.1) is 5.54 Å². The van der Waals surface area contributed by atoms with Crippen molar-refractivity contribution in [2.75, 3.05) is 0 Å². The zero-order valence-corrected chi connectivity index (χ0v) is 12.1. The Morgan fingerprint density at radius 3 is 2.35 bits per heavy atom. The van der Waals surface area contributed by atoms with Crippen LogP contribution >= 0.6 is 12.4 Å². The molecule has 102 valence electrons. The molecule has 0 aliphatic heterocycles.